The van der Waals surface area contributed by atoms with Gasteiger partial charge in [-0.05, 0) is 25.0 Å². The maximum absolute atomic E-state index is 11.2. The molecule has 0 unspecified atom stereocenters. The maximum Gasteiger partial charge on any atom is 0.329 e. The van der Waals surface area contributed by atoms with Crippen molar-refractivity contribution >= 4 is 23.1 Å². The number of hydrogen-bond donors (Lipinski definition) is 2. The van der Waals surface area contributed by atoms with E-state index in [-0.39, 0.29) is 17.5 Å². The van der Waals surface area contributed by atoms with Gasteiger partial charge in [-0.15, -0.1) is 0 Å². The largest absolute Gasteiger partial charge is 0.506 e. The molecule has 1 aromatic heterocycles. The first-order chi connectivity index (χ1) is 12.6. The molecule has 0 amide bonds. The van der Waals surface area contributed by atoms with Gasteiger partial charge in [0.1, 0.15) is 11.9 Å². The fourth-order valence-electron chi connectivity index (χ4n) is 3.06. The van der Waals surface area contributed by atoms with Gasteiger partial charge in [-0.2, -0.15) is 4.98 Å². The van der Waals surface area contributed by atoms with Gasteiger partial charge in [0, 0.05) is 32.2 Å². The monoisotopic (exact) mass is 356 g/mol. The summed E-state index contributed by atoms with van der Waals surface area (Å²) in [5.74, 6) is 1.06. The molecule has 1 saturated heterocycles. The first-order valence-electron chi connectivity index (χ1n) is 8.67. The lowest BCUT2D eigenvalue weighted by Gasteiger charge is -2.36. The third-order valence-corrected chi connectivity index (χ3v) is 4.66. The van der Waals surface area contributed by atoms with Crippen LogP contribution < -0.4 is 15.1 Å². The number of aromatic hydroxyl groups is 1. The first kappa shape index (κ1) is 16.4. The molecule has 2 aromatic rings. The Morgan fingerprint density at radius 1 is 1.15 bits per heavy atom. The average Bonchev–Trinajstić information content (AvgIpc) is 3.46. The zero-order chi connectivity index (χ0) is 18.1. The highest BCUT2D eigenvalue weighted by Gasteiger charge is 2.28. The van der Waals surface area contributed by atoms with Crippen molar-refractivity contribution in [1.82, 2.24) is 9.97 Å². The number of benzene rings is 1. The molecule has 0 atom stereocenters. The van der Waals surface area contributed by atoms with Crippen molar-refractivity contribution in [2.45, 2.75) is 18.9 Å². The summed E-state index contributed by atoms with van der Waals surface area (Å²) in [4.78, 5) is 23.5. The Morgan fingerprint density at radius 3 is 2.50 bits per heavy atom. The quantitative estimate of drug-likeness (QED) is 0.619. The SMILES string of the molecule is O=[N+]([O-])c1cnc(N2CCN(c3ccccc3O)CC2)nc1NC1CC1. The molecule has 26 heavy (non-hydrogen) atoms. The Hall–Kier alpha value is -3.10. The van der Waals surface area contributed by atoms with E-state index in [2.05, 4.69) is 20.2 Å². The molecule has 2 fully saturated rings. The van der Waals surface area contributed by atoms with Gasteiger partial charge in [0.2, 0.25) is 11.8 Å². The molecular formula is C17H20N6O3. The molecule has 1 saturated carbocycles. The van der Waals surface area contributed by atoms with Crippen LogP contribution in [0.25, 0.3) is 0 Å². The number of aromatic nitrogens is 2. The van der Waals surface area contributed by atoms with Crippen LogP contribution in [0.3, 0.4) is 0 Å². The minimum Gasteiger partial charge on any atom is -0.506 e. The smallest absolute Gasteiger partial charge is 0.329 e. The van der Waals surface area contributed by atoms with Crippen LogP contribution in [0.4, 0.5) is 23.1 Å². The number of nitrogens with one attached hydrogen (secondary N) is 1. The molecule has 1 aliphatic carbocycles. The number of para-hydroxylation sites is 2. The molecule has 0 radical (unpaired) electrons. The van der Waals surface area contributed by atoms with Crippen molar-refractivity contribution in [3.63, 3.8) is 0 Å². The van der Waals surface area contributed by atoms with E-state index in [1.54, 1.807) is 12.1 Å². The molecule has 1 aliphatic heterocycles. The van der Waals surface area contributed by atoms with Crippen LogP contribution in [0.15, 0.2) is 30.5 Å². The summed E-state index contributed by atoms with van der Waals surface area (Å²) in [7, 11) is 0. The predicted molar refractivity (Wildman–Crippen MR) is 97.9 cm³/mol. The maximum atomic E-state index is 11.2. The Morgan fingerprint density at radius 2 is 1.85 bits per heavy atom. The standard InChI is InChI=1S/C17H20N6O3/c24-15-4-2-1-3-13(15)21-7-9-22(10-8-21)17-18-11-14(23(25)26)16(20-17)19-12-5-6-12/h1-4,11-12,24H,5-10H2,(H,18,19,20). The second kappa shape index (κ2) is 6.66. The molecule has 4 rings (SSSR count). The summed E-state index contributed by atoms with van der Waals surface area (Å²) in [5, 5.41) is 24.3. The van der Waals surface area contributed by atoms with Gasteiger partial charge in [0.15, 0.2) is 0 Å². The van der Waals surface area contributed by atoms with Crippen LogP contribution in [0, 0.1) is 10.1 Å². The number of nitrogens with zero attached hydrogens (tertiary/aromatic N) is 5. The Labute approximate surface area is 150 Å². The second-order valence-electron chi connectivity index (χ2n) is 6.54. The van der Waals surface area contributed by atoms with Crippen LogP contribution >= 0.6 is 0 Å². The molecule has 136 valence electrons. The van der Waals surface area contributed by atoms with Crippen LogP contribution in [-0.4, -0.2) is 52.2 Å². The summed E-state index contributed by atoms with van der Waals surface area (Å²) in [5.41, 5.74) is 0.723. The summed E-state index contributed by atoms with van der Waals surface area (Å²) in [6, 6.07) is 7.54. The summed E-state index contributed by atoms with van der Waals surface area (Å²) in [6.45, 7) is 2.77. The topological polar surface area (TPSA) is 108 Å². The minimum absolute atomic E-state index is 0.0894. The predicted octanol–water partition coefficient (Wildman–Crippen LogP) is 1.99. The van der Waals surface area contributed by atoms with E-state index in [1.807, 2.05) is 17.0 Å². The number of piperazine rings is 1. The van der Waals surface area contributed by atoms with Crippen molar-refractivity contribution in [3.05, 3.63) is 40.6 Å². The van der Waals surface area contributed by atoms with Crippen molar-refractivity contribution in [1.29, 1.82) is 0 Å². The van der Waals surface area contributed by atoms with E-state index in [0.29, 0.717) is 37.9 Å². The van der Waals surface area contributed by atoms with Crippen molar-refractivity contribution < 1.29 is 10.0 Å². The van der Waals surface area contributed by atoms with E-state index >= 15 is 0 Å². The minimum atomic E-state index is -0.454. The summed E-state index contributed by atoms with van der Waals surface area (Å²) < 4.78 is 0. The first-order valence-corrected chi connectivity index (χ1v) is 8.67. The third kappa shape index (κ3) is 3.32. The zero-order valence-electron chi connectivity index (χ0n) is 14.2. The van der Waals surface area contributed by atoms with Gasteiger partial charge in [-0.1, -0.05) is 12.1 Å². The molecule has 0 bridgehead atoms. The zero-order valence-corrected chi connectivity index (χ0v) is 14.2. The lowest BCUT2D eigenvalue weighted by Crippen LogP contribution is -2.47. The van der Waals surface area contributed by atoms with Gasteiger partial charge in [0.05, 0.1) is 10.6 Å². The van der Waals surface area contributed by atoms with Gasteiger partial charge in [-0.25, -0.2) is 4.98 Å². The molecule has 9 nitrogen and oxygen atoms in total. The number of phenols is 1. The third-order valence-electron chi connectivity index (χ3n) is 4.66. The Bertz CT molecular complexity index is 818. The van der Waals surface area contributed by atoms with E-state index in [0.717, 1.165) is 18.5 Å². The number of nitro groups is 1. The van der Waals surface area contributed by atoms with Crippen molar-refractivity contribution in [2.75, 3.05) is 41.3 Å². The molecular weight excluding hydrogens is 336 g/mol. The highest BCUT2D eigenvalue weighted by atomic mass is 16.6. The summed E-state index contributed by atoms with van der Waals surface area (Å²) >= 11 is 0. The second-order valence-corrected chi connectivity index (χ2v) is 6.54. The molecule has 1 aromatic carbocycles. The highest BCUT2D eigenvalue weighted by molar-refractivity contribution is 5.60. The molecule has 0 spiro atoms. The number of rotatable bonds is 5. The van der Waals surface area contributed by atoms with E-state index in [9.17, 15) is 15.2 Å². The van der Waals surface area contributed by atoms with Crippen molar-refractivity contribution in [3.8, 4) is 5.75 Å². The van der Waals surface area contributed by atoms with Gasteiger partial charge in [-0.3, -0.25) is 10.1 Å². The Balaban J connectivity index is 1.48. The van der Waals surface area contributed by atoms with E-state index < -0.39 is 4.92 Å². The van der Waals surface area contributed by atoms with Crippen LogP contribution in [0.1, 0.15) is 12.8 Å². The van der Waals surface area contributed by atoms with Gasteiger partial charge >= 0.3 is 5.69 Å². The van der Waals surface area contributed by atoms with Crippen molar-refractivity contribution in [2.24, 2.45) is 0 Å². The summed E-state index contributed by atoms with van der Waals surface area (Å²) in [6.07, 6.45) is 3.30. The average molecular weight is 356 g/mol. The number of anilines is 3. The molecule has 9 heteroatoms. The van der Waals surface area contributed by atoms with E-state index in [4.69, 9.17) is 0 Å². The lowest BCUT2D eigenvalue weighted by molar-refractivity contribution is -0.384. The van der Waals surface area contributed by atoms with Crippen LogP contribution in [0.2, 0.25) is 0 Å². The molecule has 2 aliphatic rings. The lowest BCUT2D eigenvalue weighted by atomic mass is 10.2. The molecule has 2 N–H and O–H groups in total. The number of hydrogen-bond acceptors (Lipinski definition) is 8. The van der Waals surface area contributed by atoms with Gasteiger partial charge in [0.25, 0.3) is 0 Å². The fourth-order valence-corrected chi connectivity index (χ4v) is 3.06. The highest BCUT2D eigenvalue weighted by Crippen LogP contribution is 2.31. The fraction of sp³-hybridized carbons (Fsp3) is 0.412. The van der Waals surface area contributed by atoms with Crippen LogP contribution in [-0.2, 0) is 0 Å². The van der Waals surface area contributed by atoms with Gasteiger partial charge < -0.3 is 20.2 Å². The normalized spacial score (nSPS) is 17.2. The molecule has 2 heterocycles. The van der Waals surface area contributed by atoms with Crippen LogP contribution in [0.5, 0.6) is 5.75 Å². The number of phenolic OH excluding ortho intramolecular Hbond substituents is 1. The Kier molecular flexibility index (Phi) is 4.19. The van der Waals surface area contributed by atoms with E-state index in [1.165, 1.54) is 6.20 Å².